The van der Waals surface area contributed by atoms with Crippen LogP contribution in [0.2, 0.25) is 0 Å². The van der Waals surface area contributed by atoms with Crippen LogP contribution in [0.3, 0.4) is 0 Å². The molecule has 0 amide bonds. The van der Waals surface area contributed by atoms with Crippen LogP contribution in [0.1, 0.15) is 25.7 Å². The van der Waals surface area contributed by atoms with Crippen LogP contribution in [-0.4, -0.2) is 23.4 Å². The van der Waals surface area contributed by atoms with Gasteiger partial charge in [0.05, 0.1) is 5.41 Å². The number of hydrogen-bond acceptors (Lipinski definition) is 3. The molecule has 1 saturated carbocycles. The summed E-state index contributed by atoms with van der Waals surface area (Å²) in [4.78, 5) is 21.8. The topological polar surface area (TPSA) is 80.4 Å². The Balaban J connectivity index is 2.78. The van der Waals surface area contributed by atoms with Crippen molar-refractivity contribution in [3.63, 3.8) is 0 Å². The predicted octanol–water partition coefficient (Wildman–Crippen LogP) is 0.159. The van der Waals surface area contributed by atoms with Crippen LogP contribution in [0.4, 0.5) is 0 Å². The molecule has 3 N–H and O–H groups in total. The number of nitrogens with two attached hydrogens (primary N) is 1. The lowest BCUT2D eigenvalue weighted by Crippen LogP contribution is -2.42. The Hall–Kier alpha value is -0.900. The molecular formula is C8H13NO3. The Bertz CT molecular complexity index is 214. The van der Waals surface area contributed by atoms with Crippen LogP contribution in [0.15, 0.2) is 0 Å². The standard InChI is InChI=1S/C8H13NO3/c9-5-8(7(11)12)3-1-2-6(10)4-8/h1-5,9H2,(H,11,12). The molecule has 0 heterocycles. The third-order valence-corrected chi connectivity index (χ3v) is 2.49. The van der Waals surface area contributed by atoms with Gasteiger partial charge in [0.15, 0.2) is 0 Å². The average Bonchev–Trinajstić information content (AvgIpc) is 2.04. The summed E-state index contributed by atoms with van der Waals surface area (Å²) in [7, 11) is 0. The summed E-state index contributed by atoms with van der Waals surface area (Å²) in [5.41, 5.74) is 4.41. The van der Waals surface area contributed by atoms with Gasteiger partial charge in [0.1, 0.15) is 5.78 Å². The summed E-state index contributed by atoms with van der Waals surface area (Å²) in [5.74, 6) is -0.910. The number of carboxylic acids is 1. The maximum absolute atomic E-state index is 11.0. The number of rotatable bonds is 2. The molecule has 68 valence electrons. The highest BCUT2D eigenvalue weighted by molar-refractivity contribution is 5.87. The molecule has 1 rings (SSSR count). The van der Waals surface area contributed by atoms with Gasteiger partial charge in [0, 0.05) is 19.4 Å². The summed E-state index contributed by atoms with van der Waals surface area (Å²) >= 11 is 0. The smallest absolute Gasteiger partial charge is 0.311 e. The van der Waals surface area contributed by atoms with Gasteiger partial charge in [-0.25, -0.2) is 0 Å². The van der Waals surface area contributed by atoms with Crippen LogP contribution in [0, 0.1) is 5.41 Å². The average molecular weight is 171 g/mol. The highest BCUT2D eigenvalue weighted by Crippen LogP contribution is 2.33. The van der Waals surface area contributed by atoms with Crippen LogP contribution in [-0.2, 0) is 9.59 Å². The lowest BCUT2D eigenvalue weighted by Gasteiger charge is -2.30. The molecule has 1 atom stereocenters. The first-order valence-electron chi connectivity index (χ1n) is 4.06. The molecule has 0 bridgehead atoms. The molecule has 0 spiro atoms. The zero-order chi connectivity index (χ0) is 9.19. The van der Waals surface area contributed by atoms with Gasteiger partial charge in [-0.1, -0.05) is 0 Å². The van der Waals surface area contributed by atoms with E-state index in [0.29, 0.717) is 19.3 Å². The maximum atomic E-state index is 11.0. The minimum absolute atomic E-state index is 0.0223. The molecule has 12 heavy (non-hydrogen) atoms. The third-order valence-electron chi connectivity index (χ3n) is 2.49. The number of ketones is 1. The Morgan fingerprint density at radius 1 is 1.67 bits per heavy atom. The van der Waals surface area contributed by atoms with E-state index in [-0.39, 0.29) is 18.7 Å². The molecule has 0 aliphatic heterocycles. The van der Waals surface area contributed by atoms with Gasteiger partial charge in [0.2, 0.25) is 0 Å². The molecule has 4 heteroatoms. The molecule has 1 fully saturated rings. The Morgan fingerprint density at radius 2 is 2.33 bits per heavy atom. The van der Waals surface area contributed by atoms with Gasteiger partial charge in [0.25, 0.3) is 0 Å². The van der Waals surface area contributed by atoms with Crippen molar-refractivity contribution >= 4 is 11.8 Å². The van der Waals surface area contributed by atoms with E-state index in [1.807, 2.05) is 0 Å². The molecule has 1 aliphatic carbocycles. The van der Waals surface area contributed by atoms with E-state index in [2.05, 4.69) is 0 Å². The van der Waals surface area contributed by atoms with E-state index in [9.17, 15) is 9.59 Å². The Kier molecular flexibility index (Phi) is 2.47. The quantitative estimate of drug-likeness (QED) is 0.620. The fourth-order valence-corrected chi connectivity index (χ4v) is 1.62. The van der Waals surface area contributed by atoms with Gasteiger partial charge < -0.3 is 10.8 Å². The first-order chi connectivity index (χ1) is 5.60. The zero-order valence-electron chi connectivity index (χ0n) is 6.88. The summed E-state index contributed by atoms with van der Waals surface area (Å²) < 4.78 is 0. The number of carboxylic acid groups (broad SMARTS) is 1. The molecule has 0 aromatic carbocycles. The van der Waals surface area contributed by atoms with E-state index >= 15 is 0 Å². The van der Waals surface area contributed by atoms with Crippen LogP contribution in [0.5, 0.6) is 0 Å². The Labute approximate surface area is 70.7 Å². The molecule has 4 nitrogen and oxygen atoms in total. The van der Waals surface area contributed by atoms with Crippen molar-refractivity contribution in [1.29, 1.82) is 0 Å². The second-order valence-corrected chi connectivity index (χ2v) is 3.36. The normalized spacial score (nSPS) is 30.2. The monoisotopic (exact) mass is 171 g/mol. The first kappa shape index (κ1) is 9.19. The highest BCUT2D eigenvalue weighted by Gasteiger charge is 2.41. The molecule has 0 aromatic heterocycles. The summed E-state index contributed by atoms with van der Waals surface area (Å²) in [6.07, 6.45) is 1.81. The lowest BCUT2D eigenvalue weighted by molar-refractivity contribution is -0.153. The molecule has 0 radical (unpaired) electrons. The second-order valence-electron chi connectivity index (χ2n) is 3.36. The fraction of sp³-hybridized carbons (Fsp3) is 0.750. The third kappa shape index (κ3) is 1.48. The van der Waals surface area contributed by atoms with Crippen molar-refractivity contribution < 1.29 is 14.7 Å². The highest BCUT2D eigenvalue weighted by atomic mass is 16.4. The number of aliphatic carboxylic acids is 1. The minimum atomic E-state index is -0.963. The number of hydrogen-bond donors (Lipinski definition) is 2. The molecule has 0 aromatic rings. The van der Waals surface area contributed by atoms with Crippen molar-refractivity contribution in [3.8, 4) is 0 Å². The SMILES string of the molecule is NCC1(C(=O)O)CCCC(=O)C1. The molecular weight excluding hydrogens is 158 g/mol. The van der Waals surface area contributed by atoms with Gasteiger partial charge >= 0.3 is 5.97 Å². The number of carbonyl (C=O) groups excluding carboxylic acids is 1. The van der Waals surface area contributed by atoms with E-state index < -0.39 is 11.4 Å². The second kappa shape index (κ2) is 3.23. The first-order valence-corrected chi connectivity index (χ1v) is 4.06. The molecule has 1 unspecified atom stereocenters. The summed E-state index contributed by atoms with van der Waals surface area (Å²) in [5, 5.41) is 8.87. The minimum Gasteiger partial charge on any atom is -0.481 e. The van der Waals surface area contributed by atoms with Crippen molar-refractivity contribution in [2.24, 2.45) is 11.1 Å². The predicted molar refractivity (Wildman–Crippen MR) is 42.6 cm³/mol. The Morgan fingerprint density at radius 3 is 2.67 bits per heavy atom. The molecule has 0 saturated heterocycles. The van der Waals surface area contributed by atoms with Crippen LogP contribution in [0.25, 0.3) is 0 Å². The van der Waals surface area contributed by atoms with E-state index in [1.54, 1.807) is 0 Å². The number of carbonyl (C=O) groups is 2. The lowest BCUT2D eigenvalue weighted by atomic mass is 9.73. The van der Waals surface area contributed by atoms with Crippen molar-refractivity contribution in [2.75, 3.05) is 6.54 Å². The molecule has 1 aliphatic rings. The zero-order valence-corrected chi connectivity index (χ0v) is 6.88. The van der Waals surface area contributed by atoms with Crippen molar-refractivity contribution in [1.82, 2.24) is 0 Å². The van der Waals surface area contributed by atoms with Crippen LogP contribution >= 0.6 is 0 Å². The fourth-order valence-electron chi connectivity index (χ4n) is 1.62. The van der Waals surface area contributed by atoms with Crippen molar-refractivity contribution in [2.45, 2.75) is 25.7 Å². The van der Waals surface area contributed by atoms with E-state index in [0.717, 1.165) is 0 Å². The van der Waals surface area contributed by atoms with Gasteiger partial charge in [-0.2, -0.15) is 0 Å². The summed E-state index contributed by atoms with van der Waals surface area (Å²) in [6, 6.07) is 0. The maximum Gasteiger partial charge on any atom is 0.311 e. The van der Waals surface area contributed by atoms with Gasteiger partial charge in [-0.05, 0) is 12.8 Å². The van der Waals surface area contributed by atoms with E-state index in [4.69, 9.17) is 10.8 Å². The largest absolute Gasteiger partial charge is 0.481 e. The van der Waals surface area contributed by atoms with Gasteiger partial charge in [-0.3, -0.25) is 9.59 Å². The van der Waals surface area contributed by atoms with E-state index in [1.165, 1.54) is 0 Å². The summed E-state index contributed by atoms with van der Waals surface area (Å²) in [6.45, 7) is 0.0636. The van der Waals surface area contributed by atoms with Crippen LogP contribution < -0.4 is 5.73 Å². The van der Waals surface area contributed by atoms with Gasteiger partial charge in [-0.15, -0.1) is 0 Å². The van der Waals surface area contributed by atoms with Crippen molar-refractivity contribution in [3.05, 3.63) is 0 Å². The number of Topliss-reactive ketones (excluding diaryl/α,β-unsaturated/α-hetero) is 1.